The maximum Gasteiger partial charge on any atom is 0.255 e. The number of ether oxygens (including phenoxy) is 2. The third-order valence-electron chi connectivity index (χ3n) is 3.18. The van der Waals surface area contributed by atoms with Crippen LogP contribution in [0, 0.1) is 0 Å². The third kappa shape index (κ3) is 4.56. The standard InChI is InChI=1S/C17H17BrN2O4/c1-23-8-9-24-15-7-6-11(10-13(15)18)17(22)20-14-5-3-2-4-12(14)16(19)21/h2-7,10H,8-9H2,1H3,(H2,19,21)(H,20,22). The van der Waals surface area contributed by atoms with E-state index >= 15 is 0 Å². The fourth-order valence-corrected chi connectivity index (χ4v) is 2.49. The molecule has 0 unspecified atom stereocenters. The van der Waals surface area contributed by atoms with Crippen molar-refractivity contribution in [3.05, 3.63) is 58.1 Å². The third-order valence-corrected chi connectivity index (χ3v) is 3.80. The molecule has 0 aromatic heterocycles. The summed E-state index contributed by atoms with van der Waals surface area (Å²) in [4.78, 5) is 23.8. The minimum Gasteiger partial charge on any atom is -0.490 e. The number of halogens is 1. The smallest absolute Gasteiger partial charge is 0.255 e. The van der Waals surface area contributed by atoms with Crippen molar-refractivity contribution in [2.75, 3.05) is 25.6 Å². The van der Waals surface area contributed by atoms with Crippen LogP contribution in [0.25, 0.3) is 0 Å². The Morgan fingerprint density at radius 2 is 1.92 bits per heavy atom. The second-order valence-electron chi connectivity index (χ2n) is 4.85. The van der Waals surface area contributed by atoms with E-state index in [0.717, 1.165) is 0 Å². The van der Waals surface area contributed by atoms with E-state index in [4.69, 9.17) is 15.2 Å². The number of nitrogens with two attached hydrogens (primary N) is 1. The highest BCUT2D eigenvalue weighted by molar-refractivity contribution is 9.10. The molecule has 0 radical (unpaired) electrons. The average Bonchev–Trinajstić information content (AvgIpc) is 2.56. The van der Waals surface area contributed by atoms with Gasteiger partial charge in [0.25, 0.3) is 11.8 Å². The zero-order chi connectivity index (χ0) is 17.5. The summed E-state index contributed by atoms with van der Waals surface area (Å²) in [5, 5.41) is 2.69. The quantitative estimate of drug-likeness (QED) is 0.708. The van der Waals surface area contributed by atoms with Crippen LogP contribution in [-0.2, 0) is 4.74 Å². The number of rotatable bonds is 7. The number of primary amides is 1. The monoisotopic (exact) mass is 392 g/mol. The van der Waals surface area contributed by atoms with Crippen molar-refractivity contribution in [1.29, 1.82) is 0 Å². The lowest BCUT2D eigenvalue weighted by Gasteiger charge is -2.11. The number of hydrogen-bond donors (Lipinski definition) is 2. The number of methoxy groups -OCH3 is 1. The van der Waals surface area contributed by atoms with Crippen LogP contribution in [0.15, 0.2) is 46.9 Å². The Bertz CT molecular complexity index is 749. The van der Waals surface area contributed by atoms with Gasteiger partial charge in [-0.3, -0.25) is 9.59 Å². The first-order chi connectivity index (χ1) is 11.5. The summed E-state index contributed by atoms with van der Waals surface area (Å²) in [6.07, 6.45) is 0. The Kier molecular flexibility index (Phi) is 6.34. The van der Waals surface area contributed by atoms with Crippen LogP contribution in [-0.4, -0.2) is 32.1 Å². The molecule has 2 rings (SSSR count). The van der Waals surface area contributed by atoms with Gasteiger partial charge in [0.2, 0.25) is 0 Å². The Balaban J connectivity index is 2.13. The second-order valence-corrected chi connectivity index (χ2v) is 5.70. The SMILES string of the molecule is COCCOc1ccc(C(=O)Nc2ccccc2C(N)=O)cc1Br. The molecule has 0 spiro atoms. The normalized spacial score (nSPS) is 10.2. The van der Waals surface area contributed by atoms with E-state index in [-0.39, 0.29) is 11.5 Å². The molecule has 0 bridgehead atoms. The van der Waals surface area contributed by atoms with Crippen LogP contribution in [0.5, 0.6) is 5.75 Å². The zero-order valence-corrected chi connectivity index (χ0v) is 14.6. The number of anilines is 1. The maximum absolute atomic E-state index is 12.4. The fraction of sp³-hybridized carbons (Fsp3) is 0.176. The van der Waals surface area contributed by atoms with Gasteiger partial charge in [0.15, 0.2) is 0 Å². The molecule has 0 heterocycles. The second kappa shape index (κ2) is 8.47. The number of amides is 2. The predicted molar refractivity (Wildman–Crippen MR) is 94.4 cm³/mol. The van der Waals surface area contributed by atoms with Crippen LogP contribution in [0.3, 0.4) is 0 Å². The lowest BCUT2D eigenvalue weighted by atomic mass is 10.1. The van der Waals surface area contributed by atoms with Crippen LogP contribution in [0.4, 0.5) is 5.69 Å². The van der Waals surface area contributed by atoms with Crippen molar-refractivity contribution in [1.82, 2.24) is 0 Å². The molecule has 7 heteroatoms. The molecular weight excluding hydrogens is 376 g/mol. The van der Waals surface area contributed by atoms with Gasteiger partial charge in [-0.15, -0.1) is 0 Å². The van der Waals surface area contributed by atoms with Crippen molar-refractivity contribution in [3.63, 3.8) is 0 Å². The highest BCUT2D eigenvalue weighted by atomic mass is 79.9. The van der Waals surface area contributed by atoms with Crippen molar-refractivity contribution in [2.24, 2.45) is 5.73 Å². The largest absolute Gasteiger partial charge is 0.490 e. The number of benzene rings is 2. The molecule has 0 aliphatic carbocycles. The van der Waals surface area contributed by atoms with Gasteiger partial charge in [0.1, 0.15) is 12.4 Å². The van der Waals surface area contributed by atoms with Crippen LogP contribution >= 0.6 is 15.9 Å². The van der Waals surface area contributed by atoms with Gasteiger partial charge in [-0.05, 0) is 46.3 Å². The van der Waals surface area contributed by atoms with Crippen LogP contribution in [0.2, 0.25) is 0 Å². The molecule has 0 aliphatic heterocycles. The average molecular weight is 393 g/mol. The number of para-hydroxylation sites is 1. The predicted octanol–water partition coefficient (Wildman–Crippen LogP) is 2.83. The van der Waals surface area contributed by atoms with Gasteiger partial charge in [0, 0.05) is 12.7 Å². The lowest BCUT2D eigenvalue weighted by Crippen LogP contribution is -2.18. The fourth-order valence-electron chi connectivity index (χ4n) is 2.00. The number of carbonyl (C=O) groups excluding carboxylic acids is 2. The minimum absolute atomic E-state index is 0.254. The molecular formula is C17H17BrN2O4. The molecule has 0 atom stereocenters. The van der Waals surface area contributed by atoms with E-state index in [0.29, 0.717) is 34.7 Å². The molecule has 2 aromatic rings. The lowest BCUT2D eigenvalue weighted by molar-refractivity contribution is 0.100. The number of nitrogens with one attached hydrogen (secondary N) is 1. The minimum atomic E-state index is -0.603. The zero-order valence-electron chi connectivity index (χ0n) is 13.0. The molecule has 0 aliphatic rings. The first-order valence-corrected chi connectivity index (χ1v) is 7.93. The van der Waals surface area contributed by atoms with Crippen molar-refractivity contribution >= 4 is 33.4 Å². The van der Waals surface area contributed by atoms with Crippen LogP contribution in [0.1, 0.15) is 20.7 Å². The molecule has 2 aromatic carbocycles. The first kappa shape index (κ1) is 18.0. The maximum atomic E-state index is 12.4. The molecule has 0 fully saturated rings. The van der Waals surface area contributed by atoms with E-state index in [1.54, 1.807) is 49.6 Å². The Morgan fingerprint density at radius 1 is 1.17 bits per heavy atom. The summed E-state index contributed by atoms with van der Waals surface area (Å²) in [5.41, 5.74) is 6.34. The molecule has 24 heavy (non-hydrogen) atoms. The summed E-state index contributed by atoms with van der Waals surface area (Å²) >= 11 is 3.37. The summed E-state index contributed by atoms with van der Waals surface area (Å²) in [6, 6.07) is 11.5. The number of carbonyl (C=O) groups is 2. The topological polar surface area (TPSA) is 90.7 Å². The van der Waals surface area contributed by atoms with E-state index in [2.05, 4.69) is 21.2 Å². The van der Waals surface area contributed by atoms with Crippen molar-refractivity contribution < 1.29 is 19.1 Å². The van der Waals surface area contributed by atoms with Gasteiger partial charge in [-0.25, -0.2) is 0 Å². The Labute approximate surface area is 148 Å². The Hall–Kier alpha value is -2.38. The molecule has 0 saturated heterocycles. The van der Waals surface area contributed by atoms with Gasteiger partial charge in [0.05, 0.1) is 22.3 Å². The van der Waals surface area contributed by atoms with Gasteiger partial charge in [-0.2, -0.15) is 0 Å². The summed E-state index contributed by atoms with van der Waals surface area (Å²) in [5.74, 6) is -0.344. The summed E-state index contributed by atoms with van der Waals surface area (Å²) < 4.78 is 11.1. The van der Waals surface area contributed by atoms with Gasteiger partial charge in [-0.1, -0.05) is 12.1 Å². The molecule has 126 valence electrons. The molecule has 2 amide bonds. The highest BCUT2D eigenvalue weighted by Gasteiger charge is 2.13. The first-order valence-electron chi connectivity index (χ1n) is 7.14. The van der Waals surface area contributed by atoms with Crippen LogP contribution < -0.4 is 15.8 Å². The molecule has 3 N–H and O–H groups in total. The Morgan fingerprint density at radius 3 is 2.58 bits per heavy atom. The van der Waals surface area contributed by atoms with E-state index in [1.807, 2.05) is 0 Å². The van der Waals surface area contributed by atoms with Crippen molar-refractivity contribution in [3.8, 4) is 5.75 Å². The van der Waals surface area contributed by atoms with Gasteiger partial charge >= 0.3 is 0 Å². The van der Waals surface area contributed by atoms with E-state index < -0.39 is 5.91 Å². The van der Waals surface area contributed by atoms with E-state index in [1.165, 1.54) is 0 Å². The van der Waals surface area contributed by atoms with Gasteiger partial charge < -0.3 is 20.5 Å². The highest BCUT2D eigenvalue weighted by Crippen LogP contribution is 2.26. The molecule has 6 nitrogen and oxygen atoms in total. The molecule has 0 saturated carbocycles. The number of hydrogen-bond acceptors (Lipinski definition) is 4. The van der Waals surface area contributed by atoms with E-state index in [9.17, 15) is 9.59 Å². The summed E-state index contributed by atoms with van der Waals surface area (Å²) in [6.45, 7) is 0.880. The van der Waals surface area contributed by atoms with Crippen molar-refractivity contribution in [2.45, 2.75) is 0 Å². The summed E-state index contributed by atoms with van der Waals surface area (Å²) in [7, 11) is 1.59.